The SMILES string of the molecule is C=C(C)[CH]C(O)OCC. The van der Waals surface area contributed by atoms with Gasteiger partial charge in [0.15, 0.2) is 6.29 Å². The topological polar surface area (TPSA) is 29.5 Å². The zero-order chi connectivity index (χ0) is 7.28. The summed E-state index contributed by atoms with van der Waals surface area (Å²) in [6.45, 7) is 7.74. The number of ether oxygens (including phenoxy) is 1. The Labute approximate surface area is 56.1 Å². The monoisotopic (exact) mass is 129 g/mol. The molecule has 0 spiro atoms. The van der Waals surface area contributed by atoms with Crippen molar-refractivity contribution < 1.29 is 9.84 Å². The first kappa shape index (κ1) is 8.66. The lowest BCUT2D eigenvalue weighted by Crippen LogP contribution is -2.12. The van der Waals surface area contributed by atoms with E-state index in [9.17, 15) is 0 Å². The molecule has 0 aromatic rings. The Bertz CT molecular complexity index is 88.9. The molecular weight excluding hydrogens is 116 g/mol. The molecule has 0 heterocycles. The molecule has 1 atom stereocenters. The lowest BCUT2D eigenvalue weighted by Gasteiger charge is -2.08. The van der Waals surface area contributed by atoms with E-state index in [1.165, 1.54) is 0 Å². The average Bonchev–Trinajstić information content (AvgIpc) is 1.63. The minimum atomic E-state index is -0.785. The third kappa shape index (κ3) is 5.53. The first-order chi connectivity index (χ1) is 4.16. The maximum Gasteiger partial charge on any atom is 0.161 e. The molecule has 2 heteroatoms. The van der Waals surface area contributed by atoms with Gasteiger partial charge in [-0.05, 0) is 13.8 Å². The Morgan fingerprint density at radius 1 is 1.89 bits per heavy atom. The zero-order valence-electron chi connectivity index (χ0n) is 5.92. The third-order valence-corrected chi connectivity index (χ3v) is 0.765. The molecule has 0 fully saturated rings. The molecule has 0 rings (SSSR count). The smallest absolute Gasteiger partial charge is 0.161 e. The Hall–Kier alpha value is -0.340. The minimum Gasteiger partial charge on any atom is -0.367 e. The molecule has 9 heavy (non-hydrogen) atoms. The summed E-state index contributed by atoms with van der Waals surface area (Å²) in [4.78, 5) is 0. The summed E-state index contributed by atoms with van der Waals surface area (Å²) in [5.41, 5.74) is 0.816. The number of aliphatic hydroxyl groups excluding tert-OH is 1. The highest BCUT2D eigenvalue weighted by Crippen LogP contribution is 2.00. The molecule has 0 bridgehead atoms. The van der Waals surface area contributed by atoms with Crippen molar-refractivity contribution in [1.82, 2.24) is 0 Å². The highest BCUT2D eigenvalue weighted by molar-refractivity contribution is 5.04. The highest BCUT2D eigenvalue weighted by atomic mass is 16.6. The van der Waals surface area contributed by atoms with Crippen molar-refractivity contribution in [3.63, 3.8) is 0 Å². The van der Waals surface area contributed by atoms with Crippen LogP contribution in [0.5, 0.6) is 0 Å². The number of aliphatic hydroxyl groups is 1. The lowest BCUT2D eigenvalue weighted by atomic mass is 10.2. The first-order valence-electron chi connectivity index (χ1n) is 2.97. The van der Waals surface area contributed by atoms with E-state index in [1.807, 2.05) is 13.8 Å². The fourth-order valence-electron chi connectivity index (χ4n) is 0.462. The van der Waals surface area contributed by atoms with Crippen LogP contribution >= 0.6 is 0 Å². The molecule has 0 aromatic heterocycles. The van der Waals surface area contributed by atoms with Crippen LogP contribution in [0.25, 0.3) is 0 Å². The molecular formula is C7H13O2. The number of hydrogen-bond donors (Lipinski definition) is 1. The van der Waals surface area contributed by atoms with Crippen LogP contribution in [0.3, 0.4) is 0 Å². The van der Waals surface area contributed by atoms with Gasteiger partial charge >= 0.3 is 0 Å². The average molecular weight is 129 g/mol. The fourth-order valence-corrected chi connectivity index (χ4v) is 0.462. The molecule has 1 unspecified atom stereocenters. The molecule has 0 aromatic carbocycles. The van der Waals surface area contributed by atoms with Crippen LogP contribution in [0.1, 0.15) is 13.8 Å². The first-order valence-corrected chi connectivity index (χ1v) is 2.97. The van der Waals surface area contributed by atoms with Gasteiger partial charge in [0.25, 0.3) is 0 Å². The summed E-state index contributed by atoms with van der Waals surface area (Å²) >= 11 is 0. The van der Waals surface area contributed by atoms with Crippen molar-refractivity contribution in [3.05, 3.63) is 18.6 Å². The van der Waals surface area contributed by atoms with Gasteiger partial charge in [0.05, 0.1) is 0 Å². The quantitative estimate of drug-likeness (QED) is 0.576. The molecule has 0 saturated carbocycles. The zero-order valence-corrected chi connectivity index (χ0v) is 5.92. The minimum absolute atomic E-state index is 0.519. The molecule has 0 aliphatic rings. The van der Waals surface area contributed by atoms with Gasteiger partial charge in [-0.2, -0.15) is 0 Å². The van der Waals surface area contributed by atoms with E-state index in [2.05, 4.69) is 6.58 Å². The Kier molecular flexibility index (Phi) is 4.36. The summed E-state index contributed by atoms with van der Waals surface area (Å²) in [6.07, 6.45) is 0.774. The van der Waals surface area contributed by atoms with E-state index in [4.69, 9.17) is 9.84 Å². The summed E-state index contributed by atoms with van der Waals surface area (Å²) < 4.78 is 4.79. The molecule has 0 saturated heterocycles. The molecule has 2 nitrogen and oxygen atoms in total. The van der Waals surface area contributed by atoms with Gasteiger partial charge in [0.2, 0.25) is 0 Å². The normalized spacial score (nSPS) is 13.2. The van der Waals surface area contributed by atoms with E-state index < -0.39 is 6.29 Å². The van der Waals surface area contributed by atoms with Crippen molar-refractivity contribution in [2.24, 2.45) is 0 Å². The summed E-state index contributed by atoms with van der Waals surface area (Å²) in [7, 11) is 0. The lowest BCUT2D eigenvalue weighted by molar-refractivity contribution is -0.0681. The van der Waals surface area contributed by atoms with Gasteiger partial charge in [-0.15, -0.1) is 0 Å². The highest BCUT2D eigenvalue weighted by Gasteiger charge is 2.01. The van der Waals surface area contributed by atoms with Gasteiger partial charge in [0.1, 0.15) is 0 Å². The summed E-state index contributed by atoms with van der Waals surface area (Å²) in [6, 6.07) is 0. The maximum absolute atomic E-state index is 8.88. The second-order valence-corrected chi connectivity index (χ2v) is 1.86. The molecule has 0 aliphatic heterocycles. The van der Waals surface area contributed by atoms with Gasteiger partial charge in [-0.1, -0.05) is 12.2 Å². The Balaban J connectivity index is 3.26. The van der Waals surface area contributed by atoms with Gasteiger partial charge < -0.3 is 9.84 Å². The van der Waals surface area contributed by atoms with Gasteiger partial charge in [0, 0.05) is 13.0 Å². The predicted molar refractivity (Wildman–Crippen MR) is 36.7 cm³/mol. The number of hydrogen-bond acceptors (Lipinski definition) is 2. The second-order valence-electron chi connectivity index (χ2n) is 1.86. The van der Waals surface area contributed by atoms with E-state index >= 15 is 0 Å². The van der Waals surface area contributed by atoms with Crippen LogP contribution in [-0.2, 0) is 4.74 Å². The van der Waals surface area contributed by atoms with Crippen molar-refractivity contribution in [3.8, 4) is 0 Å². The number of rotatable bonds is 4. The predicted octanol–water partition coefficient (Wildman–Crippen LogP) is 1.12. The second kappa shape index (κ2) is 4.53. The van der Waals surface area contributed by atoms with Crippen molar-refractivity contribution in [2.45, 2.75) is 20.1 Å². The van der Waals surface area contributed by atoms with Crippen LogP contribution in [0.4, 0.5) is 0 Å². The van der Waals surface area contributed by atoms with Gasteiger partial charge in [-0.3, -0.25) is 0 Å². The van der Waals surface area contributed by atoms with Crippen LogP contribution in [0.2, 0.25) is 0 Å². The van der Waals surface area contributed by atoms with Crippen LogP contribution in [0.15, 0.2) is 12.2 Å². The maximum atomic E-state index is 8.88. The van der Waals surface area contributed by atoms with E-state index in [1.54, 1.807) is 6.42 Å². The molecule has 1 radical (unpaired) electrons. The largest absolute Gasteiger partial charge is 0.367 e. The van der Waals surface area contributed by atoms with Crippen molar-refractivity contribution in [2.75, 3.05) is 6.61 Å². The molecule has 53 valence electrons. The summed E-state index contributed by atoms with van der Waals surface area (Å²) in [5.74, 6) is 0. The van der Waals surface area contributed by atoms with Crippen LogP contribution in [0, 0.1) is 6.42 Å². The van der Waals surface area contributed by atoms with Crippen molar-refractivity contribution in [1.29, 1.82) is 0 Å². The van der Waals surface area contributed by atoms with E-state index in [-0.39, 0.29) is 0 Å². The van der Waals surface area contributed by atoms with Crippen LogP contribution < -0.4 is 0 Å². The van der Waals surface area contributed by atoms with Gasteiger partial charge in [-0.25, -0.2) is 0 Å². The summed E-state index contributed by atoms with van der Waals surface area (Å²) in [5, 5.41) is 8.88. The molecule has 0 aliphatic carbocycles. The van der Waals surface area contributed by atoms with E-state index in [0.717, 1.165) is 5.57 Å². The Morgan fingerprint density at radius 3 is 2.78 bits per heavy atom. The van der Waals surface area contributed by atoms with E-state index in [0.29, 0.717) is 6.61 Å². The van der Waals surface area contributed by atoms with Crippen LogP contribution in [-0.4, -0.2) is 18.0 Å². The Morgan fingerprint density at radius 2 is 2.44 bits per heavy atom. The standard InChI is InChI=1S/C7H13O2/c1-4-9-7(8)5-6(2)3/h5,7-8H,2,4H2,1,3H3. The third-order valence-electron chi connectivity index (χ3n) is 0.765. The fraction of sp³-hybridized carbons (Fsp3) is 0.571. The molecule has 1 N–H and O–H groups in total. The molecule has 0 amide bonds. The van der Waals surface area contributed by atoms with Crippen molar-refractivity contribution >= 4 is 0 Å².